The molecule has 0 bridgehead atoms. The van der Waals surface area contributed by atoms with Gasteiger partial charge in [-0.05, 0) is 44.2 Å². The highest BCUT2D eigenvalue weighted by Gasteiger charge is 2.25. The Bertz CT molecular complexity index is 1170. The van der Waals surface area contributed by atoms with Gasteiger partial charge in [-0.15, -0.1) is 0 Å². The molecule has 0 radical (unpaired) electrons. The number of para-hydroxylation sites is 1. The summed E-state index contributed by atoms with van der Waals surface area (Å²) >= 11 is 0. The predicted molar refractivity (Wildman–Crippen MR) is 106 cm³/mol. The summed E-state index contributed by atoms with van der Waals surface area (Å²) in [5, 5.41) is 20.6. The maximum atomic E-state index is 12.5. The number of sulfonamides is 1. The molecule has 1 aromatic heterocycles. The van der Waals surface area contributed by atoms with Gasteiger partial charge in [0.05, 0.1) is 22.0 Å². The van der Waals surface area contributed by atoms with Crippen molar-refractivity contribution >= 4 is 33.0 Å². The second-order valence-electron chi connectivity index (χ2n) is 6.17. The number of aryl methyl sites for hydroxylation is 2. The van der Waals surface area contributed by atoms with Gasteiger partial charge in [0, 0.05) is 17.3 Å². The van der Waals surface area contributed by atoms with Crippen LogP contribution in [0.1, 0.15) is 21.7 Å². The van der Waals surface area contributed by atoms with E-state index in [1.165, 1.54) is 36.4 Å². The maximum Gasteiger partial charge on any atom is 0.289 e. The Morgan fingerprint density at radius 2 is 1.76 bits per heavy atom. The van der Waals surface area contributed by atoms with Gasteiger partial charge in [0.1, 0.15) is 0 Å². The van der Waals surface area contributed by atoms with E-state index in [-0.39, 0.29) is 11.6 Å². The Labute approximate surface area is 166 Å². The highest BCUT2D eigenvalue weighted by Crippen LogP contribution is 2.25. The maximum absolute atomic E-state index is 12.5. The fourth-order valence-corrected chi connectivity index (χ4v) is 3.89. The van der Waals surface area contributed by atoms with Crippen LogP contribution in [0.25, 0.3) is 0 Å². The first-order valence-corrected chi connectivity index (χ1v) is 9.86. The average Bonchev–Trinajstić information content (AvgIpc) is 3.00. The van der Waals surface area contributed by atoms with Gasteiger partial charge in [0.25, 0.3) is 21.6 Å². The van der Waals surface area contributed by atoms with Crippen LogP contribution in [0.4, 0.5) is 17.1 Å². The number of nitro groups is 1. The minimum atomic E-state index is -4.18. The van der Waals surface area contributed by atoms with Crippen molar-refractivity contribution in [3.8, 4) is 0 Å². The smallest absolute Gasteiger partial charge is 0.289 e. The number of aromatic amines is 1. The molecule has 0 spiro atoms. The third-order valence-electron chi connectivity index (χ3n) is 4.12. The molecule has 3 aromatic rings. The fraction of sp³-hybridized carbons (Fsp3) is 0.111. The number of nitro benzene ring substituents is 1. The topological polar surface area (TPSA) is 147 Å². The van der Waals surface area contributed by atoms with Crippen LogP contribution in [0.5, 0.6) is 0 Å². The molecule has 0 aliphatic rings. The summed E-state index contributed by atoms with van der Waals surface area (Å²) in [5.74, 6) is -0.384. The van der Waals surface area contributed by atoms with E-state index < -0.39 is 25.5 Å². The number of nitrogens with one attached hydrogen (secondary N) is 3. The zero-order valence-corrected chi connectivity index (χ0v) is 16.3. The van der Waals surface area contributed by atoms with Gasteiger partial charge < -0.3 is 5.32 Å². The molecule has 0 atom stereocenters. The quantitative estimate of drug-likeness (QED) is 0.416. The lowest BCUT2D eigenvalue weighted by Crippen LogP contribution is -2.15. The first-order chi connectivity index (χ1) is 13.7. The van der Waals surface area contributed by atoms with Crippen molar-refractivity contribution in [2.24, 2.45) is 0 Å². The van der Waals surface area contributed by atoms with E-state index in [1.807, 2.05) is 0 Å². The van der Waals surface area contributed by atoms with Crippen LogP contribution in [0.15, 0.2) is 53.4 Å². The van der Waals surface area contributed by atoms with E-state index in [2.05, 4.69) is 20.2 Å². The lowest BCUT2D eigenvalue weighted by atomic mass is 10.2. The molecule has 1 heterocycles. The van der Waals surface area contributed by atoms with Crippen molar-refractivity contribution < 1.29 is 18.1 Å². The van der Waals surface area contributed by atoms with E-state index in [1.54, 1.807) is 13.8 Å². The summed E-state index contributed by atoms with van der Waals surface area (Å²) in [6, 6.07) is 10.7. The molecule has 0 saturated heterocycles. The van der Waals surface area contributed by atoms with Gasteiger partial charge in [0.15, 0.2) is 4.90 Å². The first kappa shape index (κ1) is 20.0. The lowest BCUT2D eigenvalue weighted by Gasteiger charge is -2.09. The second kappa shape index (κ2) is 7.72. The number of rotatable bonds is 6. The minimum Gasteiger partial charge on any atom is -0.319 e. The lowest BCUT2D eigenvalue weighted by molar-refractivity contribution is -0.387. The van der Waals surface area contributed by atoms with E-state index >= 15 is 0 Å². The molecule has 11 heteroatoms. The summed E-state index contributed by atoms with van der Waals surface area (Å²) in [5.41, 5.74) is 1.88. The zero-order valence-electron chi connectivity index (χ0n) is 15.5. The molecule has 2 aromatic carbocycles. The Hall–Kier alpha value is -3.73. The predicted octanol–water partition coefficient (Wildman–Crippen LogP) is 2.99. The Morgan fingerprint density at radius 3 is 2.34 bits per heavy atom. The zero-order chi connectivity index (χ0) is 21.2. The number of benzene rings is 2. The number of hydrogen-bond donors (Lipinski definition) is 3. The van der Waals surface area contributed by atoms with Gasteiger partial charge >= 0.3 is 0 Å². The van der Waals surface area contributed by atoms with Crippen molar-refractivity contribution in [2.75, 3.05) is 10.0 Å². The van der Waals surface area contributed by atoms with Crippen molar-refractivity contribution in [3.63, 3.8) is 0 Å². The van der Waals surface area contributed by atoms with Crippen molar-refractivity contribution in [1.29, 1.82) is 0 Å². The summed E-state index contributed by atoms with van der Waals surface area (Å²) in [6.07, 6.45) is 0. The molecule has 1 amide bonds. The normalized spacial score (nSPS) is 11.1. The fourth-order valence-electron chi connectivity index (χ4n) is 2.66. The molecular weight excluding hydrogens is 398 g/mol. The Balaban J connectivity index is 1.79. The van der Waals surface area contributed by atoms with Crippen LogP contribution in [-0.4, -0.2) is 29.4 Å². The molecule has 10 nitrogen and oxygen atoms in total. The highest BCUT2D eigenvalue weighted by molar-refractivity contribution is 7.92. The number of carbonyl (C=O) groups is 1. The first-order valence-electron chi connectivity index (χ1n) is 8.38. The molecule has 0 unspecified atom stereocenters. The van der Waals surface area contributed by atoms with Crippen molar-refractivity contribution in [3.05, 3.63) is 75.6 Å². The molecule has 29 heavy (non-hydrogen) atoms. The Kier molecular flexibility index (Phi) is 5.33. The molecule has 0 aliphatic carbocycles. The number of carbonyl (C=O) groups excluding carboxylic acids is 1. The molecular formula is C18H17N5O5S. The van der Waals surface area contributed by atoms with E-state index in [0.29, 0.717) is 22.6 Å². The third kappa shape index (κ3) is 4.24. The van der Waals surface area contributed by atoms with Crippen molar-refractivity contribution in [1.82, 2.24) is 10.2 Å². The number of anilines is 2. The summed E-state index contributed by atoms with van der Waals surface area (Å²) in [4.78, 5) is 22.3. The van der Waals surface area contributed by atoms with Crippen LogP contribution in [-0.2, 0) is 10.0 Å². The van der Waals surface area contributed by atoms with Gasteiger partial charge in [-0.25, -0.2) is 8.42 Å². The van der Waals surface area contributed by atoms with Crippen LogP contribution < -0.4 is 10.0 Å². The number of nitrogens with zero attached hydrogens (tertiary/aromatic N) is 2. The van der Waals surface area contributed by atoms with Crippen molar-refractivity contribution in [2.45, 2.75) is 18.7 Å². The number of H-pyrrole nitrogens is 1. The molecule has 0 saturated carbocycles. The largest absolute Gasteiger partial charge is 0.319 e. The van der Waals surface area contributed by atoms with E-state index in [4.69, 9.17) is 0 Å². The molecule has 0 fully saturated rings. The molecule has 150 valence electrons. The number of aromatic nitrogens is 2. The van der Waals surface area contributed by atoms with E-state index in [0.717, 1.165) is 12.1 Å². The number of hydrogen-bond acceptors (Lipinski definition) is 6. The van der Waals surface area contributed by atoms with Gasteiger partial charge in [-0.2, -0.15) is 5.10 Å². The second-order valence-corrected chi connectivity index (χ2v) is 7.82. The summed E-state index contributed by atoms with van der Waals surface area (Å²) in [6.45, 7) is 3.52. The summed E-state index contributed by atoms with van der Waals surface area (Å²) < 4.78 is 27.3. The van der Waals surface area contributed by atoms with Crippen LogP contribution >= 0.6 is 0 Å². The SMILES string of the molecule is Cc1n[nH]c(C)c1NC(=O)c1ccc(NS(=O)(=O)c2ccccc2[N+](=O)[O-])cc1. The molecule has 3 N–H and O–H groups in total. The molecule has 0 aliphatic heterocycles. The monoisotopic (exact) mass is 415 g/mol. The highest BCUT2D eigenvalue weighted by atomic mass is 32.2. The van der Waals surface area contributed by atoms with Crippen LogP contribution in [0.2, 0.25) is 0 Å². The summed E-state index contributed by atoms with van der Waals surface area (Å²) in [7, 11) is -4.18. The Morgan fingerprint density at radius 1 is 1.10 bits per heavy atom. The molecule has 3 rings (SSSR count). The minimum absolute atomic E-state index is 0.162. The van der Waals surface area contributed by atoms with Gasteiger partial charge in [0.2, 0.25) is 0 Å². The van der Waals surface area contributed by atoms with E-state index in [9.17, 15) is 23.3 Å². The average molecular weight is 415 g/mol. The van der Waals surface area contributed by atoms with Gasteiger partial charge in [-0.1, -0.05) is 12.1 Å². The number of amides is 1. The third-order valence-corrected chi connectivity index (χ3v) is 5.55. The standard InChI is InChI=1S/C18H17N5O5S/c1-11-17(12(2)21-20-11)19-18(24)13-7-9-14(10-8-13)22-29(27,28)16-6-4-3-5-15(16)23(25)26/h3-10,22H,1-2H3,(H,19,24)(H,20,21). The van der Waals surface area contributed by atoms with Gasteiger partial charge in [-0.3, -0.25) is 24.7 Å². The van der Waals surface area contributed by atoms with Crippen LogP contribution in [0.3, 0.4) is 0 Å². The van der Waals surface area contributed by atoms with Crippen LogP contribution in [0, 0.1) is 24.0 Å².